The molecule has 0 saturated heterocycles. The SMILES string of the molecule is CCC[C@@H](N)c1cc(C#N)ccc1O.Cl. The first-order chi connectivity index (χ1) is 6.69. The molecule has 1 aromatic rings. The summed E-state index contributed by atoms with van der Waals surface area (Å²) in [6.07, 6.45) is 1.76. The minimum Gasteiger partial charge on any atom is -0.508 e. The zero-order valence-corrected chi connectivity index (χ0v) is 9.42. The van der Waals surface area contributed by atoms with Crippen molar-refractivity contribution in [2.45, 2.75) is 25.8 Å². The van der Waals surface area contributed by atoms with Crippen LogP contribution in [0, 0.1) is 11.3 Å². The van der Waals surface area contributed by atoms with Gasteiger partial charge < -0.3 is 10.8 Å². The molecule has 1 aromatic carbocycles. The molecule has 1 atom stereocenters. The summed E-state index contributed by atoms with van der Waals surface area (Å²) in [7, 11) is 0. The van der Waals surface area contributed by atoms with Crippen molar-refractivity contribution >= 4 is 12.4 Å². The van der Waals surface area contributed by atoms with Crippen LogP contribution < -0.4 is 5.73 Å². The Balaban J connectivity index is 0.00000196. The highest BCUT2D eigenvalue weighted by molar-refractivity contribution is 5.85. The van der Waals surface area contributed by atoms with E-state index in [1.807, 2.05) is 13.0 Å². The largest absolute Gasteiger partial charge is 0.508 e. The lowest BCUT2D eigenvalue weighted by Gasteiger charge is -2.12. The van der Waals surface area contributed by atoms with E-state index in [9.17, 15) is 5.11 Å². The maximum atomic E-state index is 9.54. The smallest absolute Gasteiger partial charge is 0.120 e. The van der Waals surface area contributed by atoms with E-state index in [1.165, 1.54) is 6.07 Å². The van der Waals surface area contributed by atoms with Gasteiger partial charge in [-0.05, 0) is 24.6 Å². The molecule has 0 aliphatic rings. The normalized spacial score (nSPS) is 11.3. The summed E-state index contributed by atoms with van der Waals surface area (Å²) >= 11 is 0. The third kappa shape index (κ3) is 3.43. The van der Waals surface area contributed by atoms with Crippen molar-refractivity contribution < 1.29 is 5.11 Å². The van der Waals surface area contributed by atoms with Gasteiger partial charge in [0.05, 0.1) is 11.6 Å². The monoisotopic (exact) mass is 226 g/mol. The average molecular weight is 227 g/mol. The second kappa shape index (κ2) is 6.28. The summed E-state index contributed by atoms with van der Waals surface area (Å²) in [5.41, 5.74) is 7.05. The summed E-state index contributed by atoms with van der Waals surface area (Å²) < 4.78 is 0. The maximum absolute atomic E-state index is 9.54. The lowest BCUT2D eigenvalue weighted by atomic mass is 10.0. The minimum absolute atomic E-state index is 0. The number of hydrogen-bond donors (Lipinski definition) is 2. The third-order valence-electron chi connectivity index (χ3n) is 2.16. The lowest BCUT2D eigenvalue weighted by Crippen LogP contribution is -2.10. The number of rotatable bonds is 3. The Kier molecular flexibility index (Phi) is 5.76. The molecule has 4 heteroatoms. The maximum Gasteiger partial charge on any atom is 0.120 e. The third-order valence-corrected chi connectivity index (χ3v) is 2.16. The fraction of sp³-hybridized carbons (Fsp3) is 0.364. The van der Waals surface area contributed by atoms with Crippen molar-refractivity contribution in [1.82, 2.24) is 0 Å². The number of aromatic hydroxyl groups is 1. The van der Waals surface area contributed by atoms with E-state index < -0.39 is 0 Å². The number of benzene rings is 1. The molecule has 15 heavy (non-hydrogen) atoms. The molecule has 0 aromatic heterocycles. The van der Waals surface area contributed by atoms with E-state index in [4.69, 9.17) is 11.0 Å². The predicted octanol–water partition coefficient (Wildman–Crippen LogP) is 2.49. The number of hydrogen-bond acceptors (Lipinski definition) is 3. The molecule has 82 valence electrons. The van der Waals surface area contributed by atoms with Gasteiger partial charge in [-0.3, -0.25) is 0 Å². The van der Waals surface area contributed by atoms with Crippen LogP contribution in [-0.4, -0.2) is 5.11 Å². The number of phenolic OH excluding ortho intramolecular Hbond substituents is 1. The van der Waals surface area contributed by atoms with Crippen LogP contribution in [0.4, 0.5) is 0 Å². The van der Waals surface area contributed by atoms with Gasteiger partial charge in [-0.15, -0.1) is 12.4 Å². The van der Waals surface area contributed by atoms with Crippen molar-refractivity contribution in [3.05, 3.63) is 29.3 Å². The van der Waals surface area contributed by atoms with Gasteiger partial charge >= 0.3 is 0 Å². The Bertz CT molecular complexity index is 360. The fourth-order valence-electron chi connectivity index (χ4n) is 1.39. The van der Waals surface area contributed by atoms with Gasteiger partial charge in [-0.2, -0.15) is 5.26 Å². The molecule has 0 spiro atoms. The highest BCUT2D eigenvalue weighted by atomic mass is 35.5. The Labute approximate surface area is 95.9 Å². The van der Waals surface area contributed by atoms with Crippen molar-refractivity contribution in [1.29, 1.82) is 5.26 Å². The summed E-state index contributed by atoms with van der Waals surface area (Å²) in [5, 5.41) is 18.2. The molecular weight excluding hydrogens is 212 g/mol. The zero-order chi connectivity index (χ0) is 10.6. The van der Waals surface area contributed by atoms with Gasteiger partial charge in [0.25, 0.3) is 0 Å². The minimum atomic E-state index is -0.187. The molecule has 3 N–H and O–H groups in total. The van der Waals surface area contributed by atoms with Gasteiger partial charge in [0.15, 0.2) is 0 Å². The number of nitriles is 1. The zero-order valence-electron chi connectivity index (χ0n) is 8.60. The molecule has 0 aliphatic heterocycles. The van der Waals surface area contributed by atoms with Crippen LogP contribution >= 0.6 is 12.4 Å². The van der Waals surface area contributed by atoms with Crippen LogP contribution in [0.25, 0.3) is 0 Å². The first-order valence-electron chi connectivity index (χ1n) is 4.67. The molecule has 0 heterocycles. The molecular formula is C11H15ClN2O. The summed E-state index contributed by atoms with van der Waals surface area (Å²) in [6.45, 7) is 2.03. The van der Waals surface area contributed by atoms with Gasteiger partial charge in [0, 0.05) is 11.6 Å². The Hall–Kier alpha value is -1.24. The van der Waals surface area contributed by atoms with Crippen LogP contribution in [-0.2, 0) is 0 Å². The van der Waals surface area contributed by atoms with E-state index in [2.05, 4.69) is 0 Å². The van der Waals surface area contributed by atoms with Gasteiger partial charge in [-0.25, -0.2) is 0 Å². The molecule has 0 unspecified atom stereocenters. The molecule has 0 fully saturated rings. The van der Waals surface area contributed by atoms with Crippen LogP contribution in [0.2, 0.25) is 0 Å². The number of nitrogens with two attached hydrogens (primary N) is 1. The molecule has 0 aliphatic carbocycles. The molecule has 1 rings (SSSR count). The molecule has 0 bridgehead atoms. The van der Waals surface area contributed by atoms with Gasteiger partial charge in [0.2, 0.25) is 0 Å². The standard InChI is InChI=1S/C11H14N2O.ClH/c1-2-3-10(13)9-6-8(7-12)4-5-11(9)14;/h4-6,10,14H,2-3,13H2,1H3;1H/t10-;/m1./s1. The highest BCUT2D eigenvalue weighted by Crippen LogP contribution is 2.26. The van der Waals surface area contributed by atoms with Crippen molar-refractivity contribution in [3.63, 3.8) is 0 Å². The summed E-state index contributed by atoms with van der Waals surface area (Å²) in [6, 6.07) is 6.58. The first kappa shape index (κ1) is 13.8. The quantitative estimate of drug-likeness (QED) is 0.832. The van der Waals surface area contributed by atoms with Gasteiger partial charge in [0.1, 0.15) is 5.75 Å². The molecule has 0 radical (unpaired) electrons. The summed E-state index contributed by atoms with van der Waals surface area (Å²) in [4.78, 5) is 0. The van der Waals surface area contributed by atoms with Crippen LogP contribution in [0.15, 0.2) is 18.2 Å². The van der Waals surface area contributed by atoms with E-state index >= 15 is 0 Å². The first-order valence-corrected chi connectivity index (χ1v) is 4.67. The Morgan fingerprint density at radius 3 is 2.73 bits per heavy atom. The average Bonchev–Trinajstić information content (AvgIpc) is 2.19. The van der Waals surface area contributed by atoms with Crippen LogP contribution in [0.1, 0.15) is 36.9 Å². The molecule has 0 amide bonds. The van der Waals surface area contributed by atoms with E-state index in [1.54, 1.807) is 12.1 Å². The Morgan fingerprint density at radius 1 is 1.53 bits per heavy atom. The second-order valence-corrected chi connectivity index (χ2v) is 3.28. The topological polar surface area (TPSA) is 70.0 Å². The van der Waals surface area contributed by atoms with E-state index in [0.717, 1.165) is 12.8 Å². The van der Waals surface area contributed by atoms with Crippen molar-refractivity contribution in [3.8, 4) is 11.8 Å². The molecule has 3 nitrogen and oxygen atoms in total. The highest BCUT2D eigenvalue weighted by Gasteiger charge is 2.10. The fourth-order valence-corrected chi connectivity index (χ4v) is 1.39. The van der Waals surface area contributed by atoms with Gasteiger partial charge in [-0.1, -0.05) is 13.3 Å². The number of nitrogens with zero attached hydrogens (tertiary/aromatic N) is 1. The molecule has 0 saturated carbocycles. The van der Waals surface area contributed by atoms with Crippen LogP contribution in [0.3, 0.4) is 0 Å². The predicted molar refractivity (Wildman–Crippen MR) is 61.9 cm³/mol. The lowest BCUT2D eigenvalue weighted by molar-refractivity contribution is 0.458. The number of phenols is 1. The second-order valence-electron chi connectivity index (χ2n) is 3.28. The summed E-state index contributed by atoms with van der Waals surface area (Å²) in [5.74, 6) is 0.171. The Morgan fingerprint density at radius 2 is 2.20 bits per heavy atom. The number of halogens is 1. The van der Waals surface area contributed by atoms with Crippen molar-refractivity contribution in [2.75, 3.05) is 0 Å². The van der Waals surface area contributed by atoms with E-state index in [-0.39, 0.29) is 24.2 Å². The van der Waals surface area contributed by atoms with Crippen LogP contribution in [0.5, 0.6) is 5.75 Å². The van der Waals surface area contributed by atoms with E-state index in [0.29, 0.717) is 11.1 Å². The van der Waals surface area contributed by atoms with Crippen molar-refractivity contribution in [2.24, 2.45) is 5.73 Å².